The van der Waals surface area contributed by atoms with Crippen molar-refractivity contribution < 1.29 is 27.5 Å². The topological polar surface area (TPSA) is 98.8 Å². The molecule has 0 saturated heterocycles. The van der Waals surface area contributed by atoms with Crippen molar-refractivity contribution in [2.75, 3.05) is 18.4 Å². The molecule has 0 spiro atoms. The zero-order valence-corrected chi connectivity index (χ0v) is 15.4. The van der Waals surface area contributed by atoms with Gasteiger partial charge < -0.3 is 9.47 Å². The number of hydrogen-bond acceptors (Lipinski definition) is 6. The van der Waals surface area contributed by atoms with Gasteiger partial charge in [-0.25, -0.2) is 13.2 Å². The molecule has 0 aliphatic rings. The van der Waals surface area contributed by atoms with Gasteiger partial charge in [0.05, 0.1) is 12.7 Å². The molecule has 0 fully saturated rings. The van der Waals surface area contributed by atoms with Gasteiger partial charge in [-0.15, -0.1) is 0 Å². The van der Waals surface area contributed by atoms with Gasteiger partial charge in [-0.1, -0.05) is 17.7 Å². The molecule has 2 rings (SSSR count). The molecule has 0 unspecified atom stereocenters. The van der Waals surface area contributed by atoms with Crippen LogP contribution in [0.25, 0.3) is 0 Å². The Morgan fingerprint density at radius 3 is 2.31 bits per heavy atom. The van der Waals surface area contributed by atoms with Crippen LogP contribution in [0.5, 0.6) is 5.75 Å². The van der Waals surface area contributed by atoms with Crippen LogP contribution in [0.4, 0.5) is 5.69 Å². The highest BCUT2D eigenvalue weighted by molar-refractivity contribution is 7.92. The van der Waals surface area contributed by atoms with E-state index in [0.717, 1.165) is 11.6 Å². The number of ether oxygens (including phenoxy) is 2. The minimum absolute atomic E-state index is 0.00340. The minimum atomic E-state index is -4.01. The number of anilines is 1. The Morgan fingerprint density at radius 1 is 1.08 bits per heavy atom. The number of Topliss-reactive ketones (excluding diaryl/α,β-unsaturated/α-hetero) is 1. The molecule has 0 heterocycles. The van der Waals surface area contributed by atoms with Gasteiger partial charge in [0, 0.05) is 5.69 Å². The first-order valence-electron chi connectivity index (χ1n) is 7.67. The van der Waals surface area contributed by atoms with Crippen molar-refractivity contribution in [1.29, 1.82) is 0 Å². The molecule has 8 heteroatoms. The lowest BCUT2D eigenvalue weighted by Gasteiger charge is -2.13. The maximum Gasteiger partial charge on any atom is 0.338 e. The summed E-state index contributed by atoms with van der Waals surface area (Å²) in [4.78, 5) is 22.7. The van der Waals surface area contributed by atoms with E-state index in [2.05, 4.69) is 4.72 Å². The second kappa shape index (κ2) is 8.01. The molecular formula is C18H19NO6S. The summed E-state index contributed by atoms with van der Waals surface area (Å²) in [6.45, 7) is 2.79. The molecule has 0 bridgehead atoms. The van der Waals surface area contributed by atoms with Crippen molar-refractivity contribution >= 4 is 27.5 Å². The largest absolute Gasteiger partial charge is 0.495 e. The number of carbonyl (C=O) groups excluding carboxylic acids is 2. The van der Waals surface area contributed by atoms with Crippen LogP contribution < -0.4 is 9.46 Å². The van der Waals surface area contributed by atoms with Crippen LogP contribution in [-0.2, 0) is 19.6 Å². The average Bonchev–Trinajstić information content (AvgIpc) is 2.60. The smallest absolute Gasteiger partial charge is 0.338 e. The van der Waals surface area contributed by atoms with E-state index >= 15 is 0 Å². The standard InChI is InChI=1S/C18H19NO6S/c1-12-4-7-15(8-5-12)19-26(22,23)17-10-14(6-9-16(17)24-3)18(21)25-11-13(2)20/h4-10,19H,11H2,1-3H3. The molecule has 0 aliphatic heterocycles. The van der Waals surface area contributed by atoms with Gasteiger partial charge in [0.15, 0.2) is 5.78 Å². The van der Waals surface area contributed by atoms with Gasteiger partial charge in [-0.2, -0.15) is 0 Å². The zero-order valence-electron chi connectivity index (χ0n) is 14.6. The molecule has 2 aromatic carbocycles. The predicted molar refractivity (Wildman–Crippen MR) is 95.9 cm³/mol. The van der Waals surface area contributed by atoms with Crippen LogP contribution in [0.2, 0.25) is 0 Å². The molecule has 0 aliphatic carbocycles. The number of methoxy groups -OCH3 is 1. The van der Waals surface area contributed by atoms with E-state index in [1.54, 1.807) is 24.3 Å². The van der Waals surface area contributed by atoms with Crippen molar-refractivity contribution in [3.05, 3.63) is 53.6 Å². The lowest BCUT2D eigenvalue weighted by Crippen LogP contribution is -2.16. The molecule has 0 atom stereocenters. The third-order valence-electron chi connectivity index (χ3n) is 3.40. The number of sulfonamides is 1. The molecule has 0 radical (unpaired) electrons. The molecule has 26 heavy (non-hydrogen) atoms. The fourth-order valence-corrected chi connectivity index (χ4v) is 3.35. The third kappa shape index (κ3) is 4.82. The highest BCUT2D eigenvalue weighted by Crippen LogP contribution is 2.27. The summed E-state index contributed by atoms with van der Waals surface area (Å²) in [7, 11) is -2.68. The number of esters is 1. The number of ketones is 1. The van der Waals surface area contributed by atoms with Gasteiger partial charge in [-0.3, -0.25) is 9.52 Å². The van der Waals surface area contributed by atoms with Gasteiger partial charge in [0.25, 0.3) is 10.0 Å². The molecule has 2 aromatic rings. The van der Waals surface area contributed by atoms with E-state index in [-0.39, 0.29) is 28.6 Å². The van der Waals surface area contributed by atoms with Crippen LogP contribution in [-0.4, -0.2) is 33.9 Å². The fraction of sp³-hybridized carbons (Fsp3) is 0.222. The summed E-state index contributed by atoms with van der Waals surface area (Å²) < 4.78 is 37.8. The number of rotatable bonds is 7. The van der Waals surface area contributed by atoms with Gasteiger partial charge in [0.1, 0.15) is 17.3 Å². The Labute approximate surface area is 152 Å². The monoisotopic (exact) mass is 377 g/mol. The highest BCUT2D eigenvalue weighted by atomic mass is 32.2. The molecule has 0 aromatic heterocycles. The normalized spacial score (nSPS) is 10.9. The number of hydrogen-bond donors (Lipinski definition) is 1. The Morgan fingerprint density at radius 2 is 1.73 bits per heavy atom. The van der Waals surface area contributed by atoms with Crippen LogP contribution in [0.15, 0.2) is 47.4 Å². The minimum Gasteiger partial charge on any atom is -0.495 e. The Kier molecular flexibility index (Phi) is 5.99. The first-order valence-corrected chi connectivity index (χ1v) is 9.15. The molecule has 138 valence electrons. The third-order valence-corrected chi connectivity index (χ3v) is 4.80. The zero-order chi connectivity index (χ0) is 19.3. The number of benzene rings is 2. The summed E-state index contributed by atoms with van der Waals surface area (Å²) in [5, 5.41) is 0. The van der Waals surface area contributed by atoms with E-state index < -0.39 is 16.0 Å². The van der Waals surface area contributed by atoms with Crippen LogP contribution >= 0.6 is 0 Å². The quantitative estimate of drug-likeness (QED) is 0.745. The summed E-state index contributed by atoms with van der Waals surface area (Å²) in [6, 6.07) is 10.7. The number of nitrogens with one attached hydrogen (secondary N) is 1. The van der Waals surface area contributed by atoms with Crippen LogP contribution in [0, 0.1) is 6.92 Å². The van der Waals surface area contributed by atoms with E-state index in [1.165, 1.54) is 26.2 Å². The van der Waals surface area contributed by atoms with E-state index in [9.17, 15) is 18.0 Å². The highest BCUT2D eigenvalue weighted by Gasteiger charge is 2.22. The predicted octanol–water partition coefficient (Wildman–Crippen LogP) is 2.55. The van der Waals surface area contributed by atoms with E-state index in [0.29, 0.717) is 5.69 Å². The second-order valence-electron chi connectivity index (χ2n) is 5.62. The fourth-order valence-electron chi connectivity index (χ4n) is 2.10. The van der Waals surface area contributed by atoms with Gasteiger partial charge in [0.2, 0.25) is 0 Å². The van der Waals surface area contributed by atoms with Gasteiger partial charge >= 0.3 is 5.97 Å². The van der Waals surface area contributed by atoms with E-state index in [4.69, 9.17) is 9.47 Å². The molecule has 0 saturated carbocycles. The molecule has 0 amide bonds. The lowest BCUT2D eigenvalue weighted by molar-refractivity contribution is -0.120. The van der Waals surface area contributed by atoms with Crippen molar-refractivity contribution in [2.45, 2.75) is 18.7 Å². The van der Waals surface area contributed by atoms with Crippen LogP contribution in [0.1, 0.15) is 22.8 Å². The van der Waals surface area contributed by atoms with Crippen molar-refractivity contribution in [1.82, 2.24) is 0 Å². The first kappa shape index (κ1) is 19.5. The van der Waals surface area contributed by atoms with Gasteiger partial charge in [-0.05, 0) is 44.2 Å². The van der Waals surface area contributed by atoms with Crippen LogP contribution in [0.3, 0.4) is 0 Å². The number of carbonyl (C=O) groups is 2. The molecule has 1 N–H and O–H groups in total. The summed E-state index contributed by atoms with van der Waals surface area (Å²) in [5.74, 6) is -1.04. The van der Waals surface area contributed by atoms with Crippen molar-refractivity contribution in [2.24, 2.45) is 0 Å². The average molecular weight is 377 g/mol. The summed E-state index contributed by atoms with van der Waals surface area (Å²) in [5.41, 5.74) is 1.36. The summed E-state index contributed by atoms with van der Waals surface area (Å²) >= 11 is 0. The maximum atomic E-state index is 12.7. The Balaban J connectivity index is 2.35. The first-order chi connectivity index (χ1) is 12.2. The summed E-state index contributed by atoms with van der Waals surface area (Å²) in [6.07, 6.45) is 0. The Hall–Kier alpha value is -2.87. The SMILES string of the molecule is COc1ccc(C(=O)OCC(C)=O)cc1S(=O)(=O)Nc1ccc(C)cc1. The number of aryl methyl sites for hydroxylation is 1. The molecule has 7 nitrogen and oxygen atoms in total. The lowest BCUT2D eigenvalue weighted by atomic mass is 10.2. The van der Waals surface area contributed by atoms with E-state index in [1.807, 2.05) is 6.92 Å². The maximum absolute atomic E-state index is 12.7. The molecular weight excluding hydrogens is 358 g/mol. The second-order valence-corrected chi connectivity index (χ2v) is 7.27. The van der Waals surface area contributed by atoms with Crippen molar-refractivity contribution in [3.63, 3.8) is 0 Å². The van der Waals surface area contributed by atoms with Crippen molar-refractivity contribution in [3.8, 4) is 5.75 Å². The Bertz CT molecular complexity index is 919.